The molecule has 0 aliphatic rings. The second-order valence-electron chi connectivity index (χ2n) is 4.24. The van der Waals surface area contributed by atoms with Gasteiger partial charge in [-0.25, -0.2) is 9.37 Å². The number of hydrogen-bond donors (Lipinski definition) is 2. The Morgan fingerprint density at radius 3 is 2.67 bits per heavy atom. The van der Waals surface area contributed by atoms with Crippen LogP contribution in [0.2, 0.25) is 0 Å². The fraction of sp³-hybridized carbons (Fsp3) is 0.364. The number of aromatic nitrogens is 2. The summed E-state index contributed by atoms with van der Waals surface area (Å²) in [4.78, 5) is 6.97. The van der Waals surface area contributed by atoms with Crippen LogP contribution in [0.4, 0.5) is 4.39 Å². The van der Waals surface area contributed by atoms with Crippen molar-refractivity contribution in [3.63, 3.8) is 0 Å². The highest BCUT2D eigenvalue weighted by atomic mass is 19.1. The number of hydrogen-bond acceptors (Lipinski definition) is 2. The van der Waals surface area contributed by atoms with Crippen molar-refractivity contribution in [1.82, 2.24) is 9.97 Å². The number of H-pyrrole nitrogens is 1. The maximum absolute atomic E-state index is 13.6. The lowest BCUT2D eigenvalue weighted by Gasteiger charge is -2.17. The molecule has 3 nitrogen and oxygen atoms in total. The van der Waals surface area contributed by atoms with Crippen LogP contribution in [0.3, 0.4) is 0 Å². The Kier molecular flexibility index (Phi) is 2.04. The number of halogens is 1. The zero-order valence-corrected chi connectivity index (χ0v) is 8.93. The minimum absolute atomic E-state index is 0.320. The summed E-state index contributed by atoms with van der Waals surface area (Å²) in [5.74, 6) is 0.255. The van der Waals surface area contributed by atoms with Gasteiger partial charge in [0.15, 0.2) is 5.82 Å². The zero-order valence-electron chi connectivity index (χ0n) is 8.93. The summed E-state index contributed by atoms with van der Waals surface area (Å²) in [6.45, 7) is 5.01. The summed E-state index contributed by atoms with van der Waals surface area (Å²) in [5, 5.41) is 9.78. The molecule has 0 saturated carbocycles. The predicted molar refractivity (Wildman–Crippen MR) is 56.0 cm³/mol. The van der Waals surface area contributed by atoms with Gasteiger partial charge in [0.2, 0.25) is 0 Å². The average Bonchev–Trinajstić information content (AvgIpc) is 2.44. The molecule has 2 N–H and O–H groups in total. The molecule has 4 heteroatoms. The summed E-state index contributed by atoms with van der Waals surface area (Å²) in [6, 6.07) is 3.04. The van der Waals surface area contributed by atoms with Crippen molar-refractivity contribution in [3.05, 3.63) is 29.3 Å². The van der Waals surface area contributed by atoms with Crippen LogP contribution < -0.4 is 0 Å². The van der Waals surface area contributed by atoms with Crippen LogP contribution in [-0.2, 0) is 5.60 Å². The van der Waals surface area contributed by atoms with Gasteiger partial charge in [-0.2, -0.15) is 0 Å². The smallest absolute Gasteiger partial charge is 0.151 e. The highest BCUT2D eigenvalue weighted by Gasteiger charge is 2.19. The van der Waals surface area contributed by atoms with Crippen molar-refractivity contribution in [2.45, 2.75) is 26.4 Å². The van der Waals surface area contributed by atoms with E-state index < -0.39 is 11.4 Å². The van der Waals surface area contributed by atoms with Gasteiger partial charge in [-0.1, -0.05) is 0 Å². The van der Waals surface area contributed by atoms with Crippen molar-refractivity contribution in [1.29, 1.82) is 0 Å². The number of aromatic amines is 1. The van der Waals surface area contributed by atoms with Crippen molar-refractivity contribution in [2.75, 3.05) is 0 Å². The van der Waals surface area contributed by atoms with Gasteiger partial charge in [0.1, 0.15) is 11.3 Å². The zero-order chi connectivity index (χ0) is 11.2. The molecule has 0 radical (unpaired) electrons. The van der Waals surface area contributed by atoms with Crippen molar-refractivity contribution < 1.29 is 9.50 Å². The summed E-state index contributed by atoms with van der Waals surface area (Å²) < 4.78 is 13.6. The second-order valence-corrected chi connectivity index (χ2v) is 4.24. The van der Waals surface area contributed by atoms with E-state index in [1.807, 2.05) is 0 Å². The molecular formula is C11H13FN2O. The molecule has 0 atom stereocenters. The second kappa shape index (κ2) is 3.03. The van der Waals surface area contributed by atoms with Gasteiger partial charge >= 0.3 is 0 Å². The van der Waals surface area contributed by atoms with E-state index in [4.69, 9.17) is 0 Å². The fourth-order valence-electron chi connectivity index (χ4n) is 1.55. The standard InChI is InChI=1S/C11H13FN2O/c1-6-13-9-5-7(11(2,3)15)4-8(12)10(9)14-6/h4-5,15H,1-3H3,(H,13,14). The molecular weight excluding hydrogens is 195 g/mol. The molecule has 0 spiro atoms. The van der Waals surface area contributed by atoms with E-state index in [2.05, 4.69) is 9.97 Å². The lowest BCUT2D eigenvalue weighted by Crippen LogP contribution is -2.15. The lowest BCUT2D eigenvalue weighted by molar-refractivity contribution is 0.0784. The highest BCUT2D eigenvalue weighted by molar-refractivity contribution is 5.76. The van der Waals surface area contributed by atoms with Crippen molar-refractivity contribution >= 4 is 11.0 Å². The monoisotopic (exact) mass is 208 g/mol. The van der Waals surface area contributed by atoms with E-state index in [-0.39, 0.29) is 0 Å². The first-order chi connectivity index (χ1) is 6.88. The molecule has 80 valence electrons. The molecule has 0 bridgehead atoms. The minimum Gasteiger partial charge on any atom is -0.386 e. The Balaban J connectivity index is 2.72. The largest absolute Gasteiger partial charge is 0.386 e. The number of nitrogens with zero attached hydrogens (tertiary/aromatic N) is 1. The van der Waals surface area contributed by atoms with Crippen LogP contribution in [0.5, 0.6) is 0 Å². The van der Waals surface area contributed by atoms with Gasteiger partial charge < -0.3 is 10.1 Å². The topological polar surface area (TPSA) is 48.9 Å². The number of imidazole rings is 1. The van der Waals surface area contributed by atoms with E-state index in [1.165, 1.54) is 6.07 Å². The van der Waals surface area contributed by atoms with E-state index >= 15 is 0 Å². The van der Waals surface area contributed by atoms with Gasteiger partial charge in [-0.05, 0) is 38.5 Å². The molecule has 2 aromatic rings. The molecule has 1 aromatic heterocycles. The fourth-order valence-corrected chi connectivity index (χ4v) is 1.55. The molecule has 0 unspecified atom stereocenters. The number of rotatable bonds is 1. The molecule has 0 aliphatic heterocycles. The molecule has 15 heavy (non-hydrogen) atoms. The Morgan fingerprint density at radius 2 is 2.07 bits per heavy atom. The van der Waals surface area contributed by atoms with Gasteiger partial charge in [-0.15, -0.1) is 0 Å². The Bertz CT molecular complexity index is 511. The van der Waals surface area contributed by atoms with E-state index in [9.17, 15) is 9.50 Å². The minimum atomic E-state index is -1.05. The molecule has 0 fully saturated rings. The average molecular weight is 208 g/mol. The first-order valence-corrected chi connectivity index (χ1v) is 4.76. The third kappa shape index (κ3) is 1.72. The number of fused-ring (bicyclic) bond motifs is 1. The van der Waals surface area contributed by atoms with Gasteiger partial charge in [0, 0.05) is 0 Å². The van der Waals surface area contributed by atoms with Crippen molar-refractivity contribution in [2.24, 2.45) is 0 Å². The normalized spacial score (nSPS) is 12.3. The van der Waals surface area contributed by atoms with Crippen LogP contribution in [0.25, 0.3) is 11.0 Å². The maximum Gasteiger partial charge on any atom is 0.151 e. The summed E-state index contributed by atoms with van der Waals surface area (Å²) in [6.07, 6.45) is 0. The number of aliphatic hydroxyl groups is 1. The van der Waals surface area contributed by atoms with Crippen LogP contribution in [0, 0.1) is 12.7 Å². The quantitative estimate of drug-likeness (QED) is 0.755. The van der Waals surface area contributed by atoms with Crippen LogP contribution in [0.1, 0.15) is 25.2 Å². The molecule has 2 rings (SSSR count). The first-order valence-electron chi connectivity index (χ1n) is 4.76. The van der Waals surface area contributed by atoms with Gasteiger partial charge in [0.25, 0.3) is 0 Å². The lowest BCUT2D eigenvalue weighted by atomic mass is 9.98. The van der Waals surface area contributed by atoms with Gasteiger partial charge in [0.05, 0.1) is 11.1 Å². The van der Waals surface area contributed by atoms with Crippen molar-refractivity contribution in [3.8, 4) is 0 Å². The number of nitrogens with one attached hydrogen (secondary N) is 1. The highest BCUT2D eigenvalue weighted by Crippen LogP contribution is 2.25. The van der Waals surface area contributed by atoms with E-state index in [0.29, 0.717) is 22.4 Å². The summed E-state index contributed by atoms with van der Waals surface area (Å²) in [5.41, 5.74) is 0.426. The Hall–Kier alpha value is -1.42. The predicted octanol–water partition coefficient (Wildman–Crippen LogP) is 2.24. The Morgan fingerprint density at radius 1 is 1.40 bits per heavy atom. The number of benzene rings is 1. The van der Waals surface area contributed by atoms with E-state index in [0.717, 1.165) is 0 Å². The molecule has 0 saturated heterocycles. The maximum atomic E-state index is 13.6. The third-order valence-corrected chi connectivity index (χ3v) is 2.36. The van der Waals surface area contributed by atoms with Crippen LogP contribution in [0.15, 0.2) is 12.1 Å². The number of aryl methyl sites for hydroxylation is 1. The molecule has 0 aliphatic carbocycles. The SMILES string of the molecule is Cc1nc2c(F)cc(C(C)(C)O)cc2[nH]1. The Labute approximate surface area is 87.0 Å². The third-order valence-electron chi connectivity index (χ3n) is 2.36. The molecule has 0 amide bonds. The summed E-state index contributed by atoms with van der Waals surface area (Å²) in [7, 11) is 0. The van der Waals surface area contributed by atoms with Crippen LogP contribution >= 0.6 is 0 Å². The van der Waals surface area contributed by atoms with Crippen LogP contribution in [-0.4, -0.2) is 15.1 Å². The summed E-state index contributed by atoms with van der Waals surface area (Å²) >= 11 is 0. The molecule has 1 heterocycles. The van der Waals surface area contributed by atoms with E-state index in [1.54, 1.807) is 26.8 Å². The first kappa shape index (κ1) is 10.1. The molecule has 1 aromatic carbocycles. The van der Waals surface area contributed by atoms with Gasteiger partial charge in [-0.3, -0.25) is 0 Å².